The molecule has 21 heavy (non-hydrogen) atoms. The van der Waals surface area contributed by atoms with Crippen LogP contribution in [0.25, 0.3) is 0 Å². The topological polar surface area (TPSA) is 55.1 Å². The van der Waals surface area contributed by atoms with Crippen LogP contribution in [0, 0.1) is 18.8 Å². The Balaban J connectivity index is 1.99. The van der Waals surface area contributed by atoms with Crippen molar-refractivity contribution in [3.05, 3.63) is 43.8 Å². The summed E-state index contributed by atoms with van der Waals surface area (Å²) in [5.74, 6) is 5.66. The fourth-order valence-electron chi connectivity index (χ4n) is 1.97. The molecule has 5 heteroatoms. The summed E-state index contributed by atoms with van der Waals surface area (Å²) in [4.78, 5) is 15.5. The van der Waals surface area contributed by atoms with Crippen molar-refractivity contribution in [2.45, 2.75) is 26.3 Å². The van der Waals surface area contributed by atoms with E-state index in [1.807, 2.05) is 18.4 Å². The van der Waals surface area contributed by atoms with Gasteiger partial charge in [-0.2, -0.15) is 0 Å². The summed E-state index contributed by atoms with van der Waals surface area (Å²) in [5.41, 5.74) is 6.12. The first-order valence-electron chi connectivity index (χ1n) is 6.72. The molecule has 0 bridgehead atoms. The predicted molar refractivity (Wildman–Crippen MR) is 89.9 cm³/mol. The predicted octanol–water partition coefficient (Wildman–Crippen LogP) is 2.79. The van der Waals surface area contributed by atoms with Crippen LogP contribution in [0.5, 0.6) is 0 Å². The van der Waals surface area contributed by atoms with Gasteiger partial charge in [0.05, 0.1) is 6.54 Å². The van der Waals surface area contributed by atoms with Crippen molar-refractivity contribution in [2.75, 3.05) is 6.54 Å². The van der Waals surface area contributed by atoms with Gasteiger partial charge in [-0.1, -0.05) is 11.8 Å². The van der Waals surface area contributed by atoms with E-state index in [0.717, 1.165) is 12.0 Å². The van der Waals surface area contributed by atoms with Crippen LogP contribution >= 0.6 is 22.7 Å². The summed E-state index contributed by atoms with van der Waals surface area (Å²) in [5, 5.41) is 4.91. The fourth-order valence-corrected chi connectivity index (χ4v) is 3.74. The molecule has 1 unspecified atom stereocenters. The molecule has 0 aliphatic heterocycles. The van der Waals surface area contributed by atoms with Crippen LogP contribution in [0.2, 0.25) is 0 Å². The van der Waals surface area contributed by atoms with Crippen molar-refractivity contribution in [3.8, 4) is 11.8 Å². The van der Waals surface area contributed by atoms with Crippen molar-refractivity contribution < 1.29 is 4.79 Å². The third-order valence-corrected chi connectivity index (χ3v) is 4.81. The highest BCUT2D eigenvalue weighted by Gasteiger charge is 2.15. The molecule has 2 rings (SSSR count). The van der Waals surface area contributed by atoms with Gasteiger partial charge in [0.2, 0.25) is 0 Å². The lowest BCUT2D eigenvalue weighted by Crippen LogP contribution is -2.33. The lowest BCUT2D eigenvalue weighted by atomic mass is 10.2. The van der Waals surface area contributed by atoms with E-state index in [9.17, 15) is 4.79 Å². The van der Waals surface area contributed by atoms with Crippen molar-refractivity contribution in [1.82, 2.24) is 5.32 Å². The van der Waals surface area contributed by atoms with Gasteiger partial charge in [0.15, 0.2) is 0 Å². The molecule has 0 aliphatic rings. The molecule has 0 aliphatic carbocycles. The normalized spacial score (nSPS) is 11.6. The van der Waals surface area contributed by atoms with Gasteiger partial charge in [-0.25, -0.2) is 0 Å². The largest absolute Gasteiger partial charge is 0.348 e. The SMILES string of the molecule is Cc1ccc(CC(C)NC(=O)c2sccc2C#CCN)s1. The van der Waals surface area contributed by atoms with E-state index >= 15 is 0 Å². The van der Waals surface area contributed by atoms with Gasteiger partial charge in [0.1, 0.15) is 4.88 Å². The quantitative estimate of drug-likeness (QED) is 0.852. The molecule has 3 N–H and O–H groups in total. The molecular weight excluding hydrogens is 300 g/mol. The van der Waals surface area contributed by atoms with Gasteiger partial charge in [-0.15, -0.1) is 22.7 Å². The molecule has 3 nitrogen and oxygen atoms in total. The zero-order valence-corrected chi connectivity index (χ0v) is 13.7. The standard InChI is InChI=1S/C16H18N2OS2/c1-11(10-14-6-5-12(2)21-14)18-16(19)15-13(4-3-8-17)7-9-20-15/h5-7,9,11H,8,10,17H2,1-2H3,(H,18,19). The van der Waals surface area contributed by atoms with Crippen molar-refractivity contribution in [2.24, 2.45) is 5.73 Å². The molecule has 110 valence electrons. The summed E-state index contributed by atoms with van der Waals surface area (Å²) in [6, 6.07) is 6.17. The number of thiophene rings is 2. The minimum Gasteiger partial charge on any atom is -0.348 e. The average molecular weight is 318 g/mol. The van der Waals surface area contributed by atoms with Gasteiger partial charge >= 0.3 is 0 Å². The summed E-state index contributed by atoms with van der Waals surface area (Å²) < 4.78 is 0. The second kappa shape index (κ2) is 7.41. The molecule has 2 heterocycles. The summed E-state index contributed by atoms with van der Waals surface area (Å²) in [7, 11) is 0. The van der Waals surface area contributed by atoms with Gasteiger partial charge in [0.25, 0.3) is 5.91 Å². The molecule has 0 radical (unpaired) electrons. The van der Waals surface area contributed by atoms with Crippen LogP contribution in [-0.4, -0.2) is 18.5 Å². The Morgan fingerprint density at radius 2 is 2.24 bits per heavy atom. The van der Waals surface area contributed by atoms with Crippen molar-refractivity contribution >= 4 is 28.6 Å². The van der Waals surface area contributed by atoms with Crippen LogP contribution in [0.15, 0.2) is 23.6 Å². The minimum absolute atomic E-state index is 0.0629. The second-order valence-electron chi connectivity index (χ2n) is 4.76. The molecule has 0 fully saturated rings. The van der Waals surface area contributed by atoms with Crippen molar-refractivity contribution in [3.63, 3.8) is 0 Å². The Morgan fingerprint density at radius 1 is 1.43 bits per heavy atom. The monoisotopic (exact) mass is 318 g/mol. The fraction of sp³-hybridized carbons (Fsp3) is 0.312. The maximum absolute atomic E-state index is 12.3. The molecule has 0 aromatic carbocycles. The highest BCUT2D eigenvalue weighted by atomic mass is 32.1. The van der Waals surface area contributed by atoms with Crippen LogP contribution in [0.4, 0.5) is 0 Å². The van der Waals surface area contributed by atoms with Gasteiger partial charge in [0, 0.05) is 27.8 Å². The second-order valence-corrected chi connectivity index (χ2v) is 7.05. The lowest BCUT2D eigenvalue weighted by molar-refractivity contribution is 0.0944. The Morgan fingerprint density at radius 3 is 2.90 bits per heavy atom. The number of amides is 1. The van der Waals surface area contributed by atoms with E-state index in [4.69, 9.17) is 5.73 Å². The van der Waals surface area contributed by atoms with Crippen LogP contribution in [-0.2, 0) is 6.42 Å². The molecule has 2 aromatic rings. The Kier molecular flexibility index (Phi) is 5.57. The number of carbonyl (C=O) groups excluding carboxylic acids is 1. The lowest BCUT2D eigenvalue weighted by Gasteiger charge is -2.12. The van der Waals surface area contributed by atoms with Gasteiger partial charge in [-0.05, 0) is 37.4 Å². The number of rotatable bonds is 4. The van der Waals surface area contributed by atoms with Crippen LogP contribution < -0.4 is 11.1 Å². The number of nitrogens with two attached hydrogens (primary N) is 1. The first-order chi connectivity index (χ1) is 10.1. The zero-order chi connectivity index (χ0) is 15.2. The average Bonchev–Trinajstić information content (AvgIpc) is 3.05. The summed E-state index contributed by atoms with van der Waals surface area (Å²) >= 11 is 3.18. The first kappa shape index (κ1) is 15.8. The highest BCUT2D eigenvalue weighted by Crippen LogP contribution is 2.18. The number of hydrogen-bond acceptors (Lipinski definition) is 4. The minimum atomic E-state index is -0.0629. The summed E-state index contributed by atoms with van der Waals surface area (Å²) in [6.07, 6.45) is 0.847. The van der Waals surface area contributed by atoms with E-state index in [-0.39, 0.29) is 11.9 Å². The first-order valence-corrected chi connectivity index (χ1v) is 8.42. The Hall–Kier alpha value is -1.61. The molecule has 1 amide bonds. The number of nitrogens with one attached hydrogen (secondary N) is 1. The third-order valence-electron chi connectivity index (χ3n) is 2.88. The third kappa shape index (κ3) is 4.43. The number of aryl methyl sites for hydroxylation is 1. The van der Waals surface area contributed by atoms with Crippen LogP contribution in [0.1, 0.15) is 31.9 Å². The van der Waals surface area contributed by atoms with Crippen LogP contribution in [0.3, 0.4) is 0 Å². The maximum Gasteiger partial charge on any atom is 0.262 e. The molecular formula is C16H18N2OS2. The Labute approximate surface area is 133 Å². The van der Waals surface area contributed by atoms with Crippen molar-refractivity contribution in [1.29, 1.82) is 0 Å². The van der Waals surface area contributed by atoms with E-state index in [1.165, 1.54) is 21.1 Å². The Bertz CT molecular complexity index is 676. The number of hydrogen-bond donors (Lipinski definition) is 2. The van der Waals surface area contributed by atoms with E-state index in [0.29, 0.717) is 11.4 Å². The molecule has 0 saturated heterocycles. The van der Waals surface area contributed by atoms with E-state index in [1.54, 1.807) is 11.3 Å². The van der Waals surface area contributed by atoms with E-state index in [2.05, 4.69) is 36.2 Å². The maximum atomic E-state index is 12.3. The van der Waals surface area contributed by atoms with Gasteiger partial charge in [-0.3, -0.25) is 4.79 Å². The molecule has 2 aromatic heterocycles. The molecule has 0 spiro atoms. The summed E-state index contributed by atoms with van der Waals surface area (Å²) in [6.45, 7) is 4.41. The smallest absolute Gasteiger partial charge is 0.262 e. The molecule has 0 saturated carbocycles. The zero-order valence-electron chi connectivity index (χ0n) is 12.1. The van der Waals surface area contributed by atoms with E-state index < -0.39 is 0 Å². The number of carbonyl (C=O) groups is 1. The molecule has 1 atom stereocenters. The van der Waals surface area contributed by atoms with Gasteiger partial charge < -0.3 is 11.1 Å². The highest BCUT2D eigenvalue weighted by molar-refractivity contribution is 7.12.